The fourth-order valence-electron chi connectivity index (χ4n) is 2.21. The Balaban J connectivity index is 2.34. The number of benzene rings is 1. The van der Waals surface area contributed by atoms with E-state index >= 15 is 0 Å². The lowest BCUT2D eigenvalue weighted by molar-refractivity contribution is -0.118. The molecule has 3 amide bonds. The zero-order valence-corrected chi connectivity index (χ0v) is 11.8. The van der Waals surface area contributed by atoms with Crippen molar-refractivity contribution in [2.45, 2.75) is 26.3 Å². The van der Waals surface area contributed by atoms with Gasteiger partial charge in [0.05, 0.1) is 11.3 Å². The first kappa shape index (κ1) is 15.0. The third-order valence-electron chi connectivity index (χ3n) is 3.21. The molecule has 1 unspecified atom stereocenters. The Morgan fingerprint density at radius 3 is 2.71 bits per heavy atom. The molecule has 1 aromatic rings. The predicted molar refractivity (Wildman–Crippen MR) is 75.0 cm³/mol. The van der Waals surface area contributed by atoms with Crippen molar-refractivity contribution in [2.24, 2.45) is 5.92 Å². The van der Waals surface area contributed by atoms with Crippen LogP contribution in [0.3, 0.4) is 0 Å². The van der Waals surface area contributed by atoms with Gasteiger partial charge in [-0.3, -0.25) is 19.6 Å². The highest BCUT2D eigenvalue weighted by Crippen LogP contribution is 2.22. The van der Waals surface area contributed by atoms with Gasteiger partial charge in [0.2, 0.25) is 5.91 Å². The van der Waals surface area contributed by atoms with Crippen molar-refractivity contribution >= 4 is 23.4 Å². The number of carbonyl (C=O) groups is 3. The summed E-state index contributed by atoms with van der Waals surface area (Å²) in [6.07, 6.45) is 0.523. The van der Waals surface area contributed by atoms with Gasteiger partial charge in [0.25, 0.3) is 11.8 Å². The van der Waals surface area contributed by atoms with Crippen molar-refractivity contribution in [1.82, 2.24) is 10.8 Å². The molecule has 0 aliphatic carbocycles. The molecule has 0 bridgehead atoms. The van der Waals surface area contributed by atoms with Crippen LogP contribution in [0.25, 0.3) is 0 Å². The van der Waals surface area contributed by atoms with Gasteiger partial charge in [0, 0.05) is 5.56 Å². The molecule has 112 valence electrons. The standard InChI is InChI=1S/C14H17N3O4/c1-7(2)5-11-14(20)15-10-6-8(12(18)17-21)3-4-9(10)13(19)16-11/h3-4,6-7,11,21H,5H2,1-2H3,(H,15,20)(H,16,19)(H,17,18). The lowest BCUT2D eigenvalue weighted by Gasteiger charge is -2.16. The number of hydrogen-bond acceptors (Lipinski definition) is 4. The van der Waals surface area contributed by atoms with Crippen LogP contribution in [-0.4, -0.2) is 29.0 Å². The van der Waals surface area contributed by atoms with E-state index in [2.05, 4.69) is 10.6 Å². The minimum Gasteiger partial charge on any atom is -0.340 e. The van der Waals surface area contributed by atoms with E-state index in [1.54, 1.807) is 0 Å². The van der Waals surface area contributed by atoms with Crippen molar-refractivity contribution in [3.8, 4) is 0 Å². The fourth-order valence-corrected chi connectivity index (χ4v) is 2.21. The van der Waals surface area contributed by atoms with Crippen molar-refractivity contribution in [3.63, 3.8) is 0 Å². The van der Waals surface area contributed by atoms with Crippen LogP contribution in [-0.2, 0) is 4.79 Å². The summed E-state index contributed by atoms with van der Waals surface area (Å²) >= 11 is 0. The van der Waals surface area contributed by atoms with Gasteiger partial charge in [-0.15, -0.1) is 0 Å². The molecule has 1 aliphatic heterocycles. The molecule has 0 saturated heterocycles. The first-order chi connectivity index (χ1) is 9.92. The molecule has 4 N–H and O–H groups in total. The molecule has 7 heteroatoms. The molecule has 0 saturated carbocycles. The maximum Gasteiger partial charge on any atom is 0.274 e. The number of hydrogen-bond donors (Lipinski definition) is 4. The zero-order valence-electron chi connectivity index (χ0n) is 11.8. The molecule has 0 fully saturated rings. The van der Waals surface area contributed by atoms with Crippen molar-refractivity contribution in [3.05, 3.63) is 29.3 Å². The molecule has 1 atom stereocenters. The molecule has 0 spiro atoms. The third kappa shape index (κ3) is 3.19. The van der Waals surface area contributed by atoms with Crippen molar-refractivity contribution in [1.29, 1.82) is 0 Å². The molecule has 7 nitrogen and oxygen atoms in total. The van der Waals surface area contributed by atoms with Crippen LogP contribution in [0.4, 0.5) is 5.69 Å². The number of carbonyl (C=O) groups excluding carboxylic acids is 3. The third-order valence-corrected chi connectivity index (χ3v) is 3.21. The van der Waals surface area contributed by atoms with Crippen molar-refractivity contribution in [2.75, 3.05) is 5.32 Å². The smallest absolute Gasteiger partial charge is 0.274 e. The first-order valence-electron chi connectivity index (χ1n) is 6.62. The van der Waals surface area contributed by atoms with Crippen LogP contribution in [0.5, 0.6) is 0 Å². The average Bonchev–Trinajstić information content (AvgIpc) is 2.55. The SMILES string of the molecule is CC(C)CC1NC(=O)c2ccc(C(=O)NO)cc2NC1=O. The minimum absolute atomic E-state index is 0.145. The van der Waals surface area contributed by atoms with E-state index in [9.17, 15) is 14.4 Å². The van der Waals surface area contributed by atoms with E-state index in [4.69, 9.17) is 5.21 Å². The second kappa shape index (κ2) is 5.92. The van der Waals surface area contributed by atoms with Gasteiger partial charge < -0.3 is 10.6 Å². The van der Waals surface area contributed by atoms with Gasteiger partial charge in [-0.1, -0.05) is 13.8 Å². The molecule has 1 aromatic carbocycles. The monoisotopic (exact) mass is 291 g/mol. The second-order valence-corrected chi connectivity index (χ2v) is 5.35. The van der Waals surface area contributed by atoms with Crippen LogP contribution in [0.1, 0.15) is 41.0 Å². The Morgan fingerprint density at radius 2 is 2.10 bits per heavy atom. The molecular weight excluding hydrogens is 274 g/mol. The summed E-state index contributed by atoms with van der Waals surface area (Å²) < 4.78 is 0. The molecule has 1 heterocycles. The normalized spacial score (nSPS) is 17.6. The number of rotatable bonds is 3. The Labute approximate surface area is 121 Å². The maximum atomic E-state index is 12.1. The second-order valence-electron chi connectivity index (χ2n) is 5.35. The number of anilines is 1. The Bertz CT molecular complexity index is 598. The first-order valence-corrected chi connectivity index (χ1v) is 6.62. The summed E-state index contributed by atoms with van der Waals surface area (Å²) in [5, 5.41) is 13.9. The summed E-state index contributed by atoms with van der Waals surface area (Å²) in [5.41, 5.74) is 2.19. The van der Waals surface area contributed by atoms with E-state index in [0.717, 1.165) is 0 Å². The summed E-state index contributed by atoms with van der Waals surface area (Å²) in [5.74, 6) is -1.16. The molecule has 0 aromatic heterocycles. The van der Waals surface area contributed by atoms with Gasteiger partial charge in [-0.2, -0.15) is 0 Å². The topological polar surface area (TPSA) is 108 Å². The van der Waals surface area contributed by atoms with E-state index in [1.807, 2.05) is 13.8 Å². The summed E-state index contributed by atoms with van der Waals surface area (Å²) in [4.78, 5) is 35.7. The van der Waals surface area contributed by atoms with E-state index < -0.39 is 11.9 Å². The summed E-state index contributed by atoms with van der Waals surface area (Å²) in [7, 11) is 0. The Morgan fingerprint density at radius 1 is 1.38 bits per heavy atom. The van der Waals surface area contributed by atoms with Gasteiger partial charge in [-0.05, 0) is 30.5 Å². The maximum absolute atomic E-state index is 12.1. The lowest BCUT2D eigenvalue weighted by atomic mass is 10.0. The van der Waals surface area contributed by atoms with Gasteiger partial charge in [0.1, 0.15) is 6.04 Å². The molecule has 1 aliphatic rings. The quantitative estimate of drug-likeness (QED) is 0.490. The van der Waals surface area contributed by atoms with E-state index in [0.29, 0.717) is 6.42 Å². The van der Waals surface area contributed by atoms with Gasteiger partial charge in [0.15, 0.2) is 0 Å². The van der Waals surface area contributed by atoms with Crippen LogP contribution in [0, 0.1) is 5.92 Å². The lowest BCUT2D eigenvalue weighted by Crippen LogP contribution is -2.41. The molecular formula is C14H17N3O4. The largest absolute Gasteiger partial charge is 0.340 e. The van der Waals surface area contributed by atoms with E-state index in [1.165, 1.54) is 23.7 Å². The number of fused-ring (bicyclic) bond motifs is 1. The molecule has 21 heavy (non-hydrogen) atoms. The minimum atomic E-state index is -0.713. The van der Waals surface area contributed by atoms with Crippen LogP contribution in [0.2, 0.25) is 0 Å². The van der Waals surface area contributed by atoms with Crippen LogP contribution < -0.4 is 16.1 Å². The highest BCUT2D eigenvalue weighted by atomic mass is 16.5. The average molecular weight is 291 g/mol. The van der Waals surface area contributed by atoms with Crippen LogP contribution in [0.15, 0.2) is 18.2 Å². The number of amides is 3. The predicted octanol–water partition coefficient (Wildman–Crippen LogP) is 0.902. The van der Waals surface area contributed by atoms with Gasteiger partial charge >= 0.3 is 0 Å². The zero-order chi connectivity index (χ0) is 15.6. The van der Waals surface area contributed by atoms with Gasteiger partial charge in [-0.25, -0.2) is 5.48 Å². The highest BCUT2D eigenvalue weighted by Gasteiger charge is 2.28. The number of hydroxylamine groups is 1. The Kier molecular flexibility index (Phi) is 4.23. The van der Waals surface area contributed by atoms with Crippen molar-refractivity contribution < 1.29 is 19.6 Å². The molecule has 0 radical (unpaired) electrons. The Hall–Kier alpha value is -2.41. The van der Waals surface area contributed by atoms with Crippen LogP contribution >= 0.6 is 0 Å². The summed E-state index contributed by atoms with van der Waals surface area (Å²) in [6, 6.07) is 3.59. The molecule has 2 rings (SSSR count). The highest BCUT2D eigenvalue weighted by molar-refractivity contribution is 6.11. The fraction of sp³-hybridized carbons (Fsp3) is 0.357. The number of nitrogens with one attached hydrogen (secondary N) is 3. The van der Waals surface area contributed by atoms with E-state index in [-0.39, 0.29) is 34.5 Å². The summed E-state index contributed by atoms with van der Waals surface area (Å²) in [6.45, 7) is 3.92.